The van der Waals surface area contributed by atoms with Crippen molar-refractivity contribution in [2.24, 2.45) is 0 Å². The van der Waals surface area contributed by atoms with E-state index in [0.29, 0.717) is 0 Å². The van der Waals surface area contributed by atoms with Gasteiger partial charge in [-0.2, -0.15) is 0 Å². The first-order valence-electron chi connectivity index (χ1n) is 5.49. The van der Waals surface area contributed by atoms with E-state index in [1.165, 1.54) is 5.56 Å². The fourth-order valence-corrected chi connectivity index (χ4v) is 1.41. The van der Waals surface area contributed by atoms with Gasteiger partial charge in [-0.3, -0.25) is 0 Å². The summed E-state index contributed by atoms with van der Waals surface area (Å²) in [5, 5.41) is 12.0. The van der Waals surface area contributed by atoms with E-state index < -0.39 is 0 Å². The van der Waals surface area contributed by atoms with Crippen molar-refractivity contribution in [3.8, 4) is 0 Å². The number of hydrogen-bond acceptors (Lipinski definition) is 2. The molecule has 0 bridgehead atoms. The van der Waals surface area contributed by atoms with Crippen LogP contribution in [-0.4, -0.2) is 18.3 Å². The van der Waals surface area contributed by atoms with E-state index in [9.17, 15) is 0 Å². The smallest absolute Gasteiger partial charge is 0.0447 e. The lowest BCUT2D eigenvalue weighted by Gasteiger charge is -2.20. The summed E-state index contributed by atoms with van der Waals surface area (Å²) in [4.78, 5) is 0. The average molecular weight is 207 g/mol. The molecule has 2 N–H and O–H groups in total. The third kappa shape index (κ3) is 3.92. The largest absolute Gasteiger partial charge is 0.396 e. The minimum absolute atomic E-state index is 0.189. The van der Waals surface area contributed by atoms with E-state index in [4.69, 9.17) is 5.11 Å². The van der Waals surface area contributed by atoms with Gasteiger partial charge in [0.25, 0.3) is 0 Å². The highest BCUT2D eigenvalue weighted by molar-refractivity contribution is 5.47. The molecule has 0 amide bonds. The highest BCUT2D eigenvalue weighted by Gasteiger charge is 2.13. The molecule has 0 aliphatic rings. The third-order valence-electron chi connectivity index (χ3n) is 2.39. The first kappa shape index (κ1) is 12.1. The van der Waals surface area contributed by atoms with E-state index >= 15 is 0 Å². The number of hydrogen-bond donors (Lipinski definition) is 2. The van der Waals surface area contributed by atoms with Crippen LogP contribution in [0, 0.1) is 0 Å². The van der Waals surface area contributed by atoms with E-state index in [-0.39, 0.29) is 12.0 Å². The van der Waals surface area contributed by atoms with Gasteiger partial charge >= 0.3 is 0 Å². The number of aliphatic hydroxyl groups excluding tert-OH is 1. The molecule has 0 radical (unpaired) electrons. The molecule has 1 aromatic rings. The van der Waals surface area contributed by atoms with Crippen molar-refractivity contribution in [2.45, 2.75) is 32.6 Å². The molecule has 15 heavy (non-hydrogen) atoms. The molecule has 0 aliphatic heterocycles. The highest BCUT2D eigenvalue weighted by Crippen LogP contribution is 2.24. The van der Waals surface area contributed by atoms with Crippen molar-refractivity contribution < 1.29 is 5.11 Å². The molecule has 0 spiro atoms. The average Bonchev–Trinajstić information content (AvgIpc) is 2.17. The summed E-state index contributed by atoms with van der Waals surface area (Å²) in [5.74, 6) is 0. The van der Waals surface area contributed by atoms with E-state index in [1.807, 2.05) is 0 Å². The van der Waals surface area contributed by atoms with Crippen LogP contribution in [0.1, 0.15) is 32.8 Å². The van der Waals surface area contributed by atoms with Gasteiger partial charge < -0.3 is 10.4 Å². The van der Waals surface area contributed by atoms with Gasteiger partial charge in [0, 0.05) is 18.8 Å². The molecule has 0 atom stereocenters. The van der Waals surface area contributed by atoms with Crippen LogP contribution in [0.5, 0.6) is 0 Å². The fraction of sp³-hybridized carbons (Fsp3) is 0.538. The Morgan fingerprint density at radius 2 is 2.00 bits per heavy atom. The molecule has 0 heterocycles. The monoisotopic (exact) mass is 207 g/mol. The SMILES string of the molecule is CC(C)(C)c1cccc(NCCCO)c1. The second kappa shape index (κ2) is 5.17. The number of aliphatic hydroxyl groups is 1. The van der Waals surface area contributed by atoms with Gasteiger partial charge in [-0.1, -0.05) is 32.9 Å². The van der Waals surface area contributed by atoms with Crippen LogP contribution in [-0.2, 0) is 5.41 Å². The summed E-state index contributed by atoms with van der Waals surface area (Å²) >= 11 is 0. The van der Waals surface area contributed by atoms with Crippen molar-refractivity contribution in [3.05, 3.63) is 29.8 Å². The van der Waals surface area contributed by atoms with Gasteiger partial charge in [-0.15, -0.1) is 0 Å². The van der Waals surface area contributed by atoms with Gasteiger partial charge in [0.05, 0.1) is 0 Å². The van der Waals surface area contributed by atoms with Crippen molar-refractivity contribution in [2.75, 3.05) is 18.5 Å². The molecule has 0 aromatic heterocycles. The molecule has 2 nitrogen and oxygen atoms in total. The van der Waals surface area contributed by atoms with Crippen LogP contribution in [0.4, 0.5) is 5.69 Å². The quantitative estimate of drug-likeness (QED) is 0.744. The van der Waals surface area contributed by atoms with Gasteiger partial charge in [-0.05, 0) is 29.5 Å². The van der Waals surface area contributed by atoms with E-state index in [2.05, 4.69) is 50.4 Å². The van der Waals surface area contributed by atoms with Crippen molar-refractivity contribution in [1.82, 2.24) is 0 Å². The number of nitrogens with one attached hydrogen (secondary N) is 1. The summed E-state index contributed by atoms with van der Waals surface area (Å²) in [6.07, 6.45) is 0.791. The van der Waals surface area contributed by atoms with Gasteiger partial charge in [0.2, 0.25) is 0 Å². The lowest BCUT2D eigenvalue weighted by molar-refractivity contribution is 0.292. The van der Waals surface area contributed by atoms with Crippen LogP contribution in [0.25, 0.3) is 0 Å². The maximum atomic E-state index is 8.69. The molecule has 0 aliphatic carbocycles. The number of benzene rings is 1. The summed E-state index contributed by atoms with van der Waals surface area (Å²) in [6, 6.07) is 8.46. The standard InChI is InChI=1S/C13H21NO/c1-13(2,3)11-6-4-7-12(10-11)14-8-5-9-15/h4,6-7,10,14-15H,5,8-9H2,1-3H3. The second-order valence-electron chi connectivity index (χ2n) is 4.83. The lowest BCUT2D eigenvalue weighted by Crippen LogP contribution is -2.11. The Hall–Kier alpha value is -1.02. The normalized spacial score (nSPS) is 11.5. The van der Waals surface area contributed by atoms with Crippen LogP contribution in [0.15, 0.2) is 24.3 Å². The summed E-state index contributed by atoms with van der Waals surface area (Å²) < 4.78 is 0. The van der Waals surface area contributed by atoms with Gasteiger partial charge in [-0.25, -0.2) is 0 Å². The number of rotatable bonds is 4. The summed E-state index contributed by atoms with van der Waals surface area (Å²) in [6.45, 7) is 7.69. The number of anilines is 1. The second-order valence-corrected chi connectivity index (χ2v) is 4.83. The van der Waals surface area contributed by atoms with E-state index in [0.717, 1.165) is 18.7 Å². The first-order valence-corrected chi connectivity index (χ1v) is 5.49. The Kier molecular flexibility index (Phi) is 4.15. The maximum Gasteiger partial charge on any atom is 0.0447 e. The van der Waals surface area contributed by atoms with Gasteiger partial charge in [0.1, 0.15) is 0 Å². The molecular weight excluding hydrogens is 186 g/mol. The molecule has 0 saturated carbocycles. The fourth-order valence-electron chi connectivity index (χ4n) is 1.41. The molecule has 1 aromatic carbocycles. The molecule has 1 rings (SSSR count). The van der Waals surface area contributed by atoms with Crippen LogP contribution >= 0.6 is 0 Å². The first-order chi connectivity index (χ1) is 7.04. The Balaban J connectivity index is 2.66. The van der Waals surface area contributed by atoms with Crippen LogP contribution in [0.2, 0.25) is 0 Å². The predicted octanol–water partition coefficient (Wildman–Crippen LogP) is 2.78. The zero-order valence-corrected chi connectivity index (χ0v) is 9.88. The van der Waals surface area contributed by atoms with Crippen LogP contribution in [0.3, 0.4) is 0 Å². The zero-order valence-electron chi connectivity index (χ0n) is 9.88. The topological polar surface area (TPSA) is 32.3 Å². The Morgan fingerprint density at radius 3 is 2.60 bits per heavy atom. The van der Waals surface area contributed by atoms with Crippen molar-refractivity contribution in [3.63, 3.8) is 0 Å². The molecule has 0 saturated heterocycles. The predicted molar refractivity (Wildman–Crippen MR) is 65.3 cm³/mol. The molecule has 0 fully saturated rings. The Labute approximate surface area is 92.3 Å². The van der Waals surface area contributed by atoms with E-state index in [1.54, 1.807) is 0 Å². The summed E-state index contributed by atoms with van der Waals surface area (Å²) in [5.41, 5.74) is 2.65. The Morgan fingerprint density at radius 1 is 1.27 bits per heavy atom. The minimum atomic E-state index is 0.189. The molecule has 2 heteroatoms. The highest BCUT2D eigenvalue weighted by atomic mass is 16.3. The maximum absolute atomic E-state index is 8.69. The minimum Gasteiger partial charge on any atom is -0.396 e. The Bertz CT molecular complexity index is 302. The lowest BCUT2D eigenvalue weighted by atomic mass is 9.87. The van der Waals surface area contributed by atoms with Crippen molar-refractivity contribution in [1.29, 1.82) is 0 Å². The molecule has 0 unspecified atom stereocenters. The van der Waals surface area contributed by atoms with Crippen LogP contribution < -0.4 is 5.32 Å². The van der Waals surface area contributed by atoms with Crippen molar-refractivity contribution >= 4 is 5.69 Å². The van der Waals surface area contributed by atoms with Gasteiger partial charge in [0.15, 0.2) is 0 Å². The third-order valence-corrected chi connectivity index (χ3v) is 2.39. The molecule has 84 valence electrons. The molecular formula is C13H21NO. The summed E-state index contributed by atoms with van der Waals surface area (Å²) in [7, 11) is 0. The zero-order chi connectivity index (χ0) is 11.3.